The first kappa shape index (κ1) is 19.7. The fourth-order valence-corrected chi connectivity index (χ4v) is 3.45. The Balaban J connectivity index is 2.22. The summed E-state index contributed by atoms with van der Waals surface area (Å²) in [6, 6.07) is 2.82. The van der Waals surface area contributed by atoms with Crippen molar-refractivity contribution < 1.29 is 32.6 Å². The van der Waals surface area contributed by atoms with Crippen LogP contribution in [0.3, 0.4) is 0 Å². The van der Waals surface area contributed by atoms with Crippen LogP contribution in [-0.2, 0) is 11.3 Å². The van der Waals surface area contributed by atoms with Crippen LogP contribution in [0.25, 0.3) is 0 Å². The second-order valence-electron chi connectivity index (χ2n) is 5.48. The molecule has 0 aromatic heterocycles. The molecule has 1 amide bonds. The number of halogens is 3. The molecule has 25 heavy (non-hydrogen) atoms. The fraction of sp³-hybridized carbons (Fsp3) is 0.533. The van der Waals surface area contributed by atoms with E-state index in [4.69, 9.17) is 14.7 Å². The molecule has 1 aliphatic rings. The minimum atomic E-state index is -4.30. The van der Waals surface area contributed by atoms with Crippen LogP contribution in [0.1, 0.15) is 12.0 Å². The van der Waals surface area contributed by atoms with Crippen LogP contribution in [-0.4, -0.2) is 54.7 Å². The van der Waals surface area contributed by atoms with Gasteiger partial charge in [0, 0.05) is 13.1 Å². The Kier molecular flexibility index (Phi) is 6.42. The van der Waals surface area contributed by atoms with Gasteiger partial charge in [-0.2, -0.15) is 13.2 Å². The SMILES string of the molecule is COc1cc(CN2CC[C@@H]2C(=O)NO)cc(SCC(F)(F)F)c1OC. The molecule has 1 saturated heterocycles. The van der Waals surface area contributed by atoms with Crippen molar-refractivity contribution in [1.82, 2.24) is 10.4 Å². The predicted octanol–water partition coefficient (Wildman–Crippen LogP) is 2.44. The van der Waals surface area contributed by atoms with Crippen LogP contribution in [0.2, 0.25) is 0 Å². The molecule has 6 nitrogen and oxygen atoms in total. The van der Waals surface area contributed by atoms with Crippen molar-refractivity contribution >= 4 is 17.7 Å². The summed E-state index contributed by atoms with van der Waals surface area (Å²) in [6.07, 6.45) is -3.70. The number of hydrogen-bond acceptors (Lipinski definition) is 6. The maximum atomic E-state index is 12.5. The zero-order valence-corrected chi connectivity index (χ0v) is 14.5. The number of carbonyl (C=O) groups is 1. The molecule has 1 aromatic rings. The molecule has 0 spiro atoms. The number of hydroxylamine groups is 1. The molecule has 1 atom stereocenters. The molecule has 2 N–H and O–H groups in total. The Morgan fingerprint density at radius 3 is 2.60 bits per heavy atom. The number of hydrogen-bond donors (Lipinski definition) is 2. The van der Waals surface area contributed by atoms with Crippen molar-refractivity contribution in [2.24, 2.45) is 0 Å². The summed E-state index contributed by atoms with van der Waals surface area (Å²) in [7, 11) is 2.78. The van der Waals surface area contributed by atoms with Gasteiger partial charge in [0.05, 0.1) is 30.9 Å². The zero-order valence-electron chi connectivity index (χ0n) is 13.7. The first-order chi connectivity index (χ1) is 11.8. The Bertz CT molecular complexity index is 628. The van der Waals surface area contributed by atoms with E-state index in [-0.39, 0.29) is 5.75 Å². The molecule has 0 unspecified atom stereocenters. The predicted molar refractivity (Wildman–Crippen MR) is 85.1 cm³/mol. The number of carbonyl (C=O) groups excluding carboxylic acids is 1. The van der Waals surface area contributed by atoms with Crippen molar-refractivity contribution in [3.05, 3.63) is 17.7 Å². The average Bonchev–Trinajstić information content (AvgIpc) is 2.55. The van der Waals surface area contributed by atoms with Crippen LogP contribution >= 0.6 is 11.8 Å². The first-order valence-electron chi connectivity index (χ1n) is 7.41. The van der Waals surface area contributed by atoms with E-state index >= 15 is 0 Å². The lowest BCUT2D eigenvalue weighted by Gasteiger charge is -2.39. The molecule has 1 aliphatic heterocycles. The van der Waals surface area contributed by atoms with E-state index in [9.17, 15) is 18.0 Å². The molecule has 1 aromatic carbocycles. The van der Waals surface area contributed by atoms with Gasteiger partial charge in [0.1, 0.15) is 0 Å². The first-order valence-corrected chi connectivity index (χ1v) is 8.40. The number of amides is 1. The van der Waals surface area contributed by atoms with Crippen LogP contribution in [0.15, 0.2) is 17.0 Å². The number of nitrogens with zero attached hydrogens (tertiary/aromatic N) is 1. The van der Waals surface area contributed by atoms with Gasteiger partial charge in [-0.3, -0.25) is 14.9 Å². The number of likely N-dealkylation sites (tertiary alicyclic amines) is 1. The summed E-state index contributed by atoms with van der Waals surface area (Å²) < 4.78 is 48.0. The molecular weight excluding hydrogens is 361 g/mol. The smallest absolute Gasteiger partial charge is 0.398 e. The third kappa shape index (κ3) is 4.93. The zero-order chi connectivity index (χ0) is 18.6. The van der Waals surface area contributed by atoms with Gasteiger partial charge in [-0.05, 0) is 24.1 Å². The summed E-state index contributed by atoms with van der Waals surface area (Å²) in [4.78, 5) is 13.6. The van der Waals surface area contributed by atoms with Crippen LogP contribution in [0.5, 0.6) is 11.5 Å². The summed E-state index contributed by atoms with van der Waals surface area (Å²) in [6.45, 7) is 0.996. The number of rotatable bonds is 7. The monoisotopic (exact) mass is 380 g/mol. The number of thioether (sulfide) groups is 1. The Morgan fingerprint density at radius 1 is 1.40 bits per heavy atom. The number of nitrogens with one attached hydrogen (secondary N) is 1. The van der Waals surface area contributed by atoms with Crippen molar-refractivity contribution in [2.45, 2.75) is 30.1 Å². The molecule has 0 bridgehead atoms. The molecule has 0 radical (unpaired) electrons. The lowest BCUT2D eigenvalue weighted by atomic mass is 10.0. The standard InChI is InChI=1S/C15H19F3N2O4S/c1-23-11-5-9(7-20-4-3-10(20)14(21)19-22)6-12(13(11)24-2)25-8-15(16,17)18/h5-6,10,22H,3-4,7-8H2,1-2H3,(H,19,21)/t10-/m1/s1. The normalized spacial score (nSPS) is 17.8. The minimum absolute atomic E-state index is 0.244. The lowest BCUT2D eigenvalue weighted by molar-refractivity contribution is -0.139. The highest BCUT2D eigenvalue weighted by atomic mass is 32.2. The maximum Gasteiger partial charge on any atom is 0.398 e. The van der Waals surface area contributed by atoms with Gasteiger partial charge in [0.2, 0.25) is 0 Å². The topological polar surface area (TPSA) is 71.0 Å². The highest BCUT2D eigenvalue weighted by Crippen LogP contribution is 2.41. The highest BCUT2D eigenvalue weighted by Gasteiger charge is 2.34. The second-order valence-corrected chi connectivity index (χ2v) is 6.50. The van der Waals surface area contributed by atoms with Gasteiger partial charge < -0.3 is 9.47 Å². The number of benzene rings is 1. The molecule has 140 valence electrons. The largest absolute Gasteiger partial charge is 0.493 e. The van der Waals surface area contributed by atoms with E-state index in [0.717, 1.165) is 0 Å². The quantitative estimate of drug-likeness (QED) is 0.430. The van der Waals surface area contributed by atoms with Crippen LogP contribution < -0.4 is 15.0 Å². The van der Waals surface area contributed by atoms with Crippen molar-refractivity contribution in [3.8, 4) is 11.5 Å². The molecular formula is C15H19F3N2O4S. The van der Waals surface area contributed by atoms with Gasteiger partial charge in [0.15, 0.2) is 11.5 Å². The van der Waals surface area contributed by atoms with Gasteiger partial charge in [-0.15, -0.1) is 11.8 Å². The summed E-state index contributed by atoms with van der Waals surface area (Å²) in [5.41, 5.74) is 2.31. The lowest BCUT2D eigenvalue weighted by Crippen LogP contribution is -2.54. The third-order valence-electron chi connectivity index (χ3n) is 3.82. The molecule has 10 heteroatoms. The Labute approximate surface area is 147 Å². The van der Waals surface area contributed by atoms with E-state index in [1.165, 1.54) is 14.2 Å². The summed E-state index contributed by atoms with van der Waals surface area (Å²) in [5.74, 6) is -0.976. The third-order valence-corrected chi connectivity index (χ3v) is 4.91. The Morgan fingerprint density at radius 2 is 2.12 bits per heavy atom. The molecule has 1 fully saturated rings. The number of ether oxygens (including phenoxy) is 2. The van der Waals surface area contributed by atoms with Gasteiger partial charge in [0.25, 0.3) is 5.91 Å². The van der Waals surface area contributed by atoms with Crippen molar-refractivity contribution in [2.75, 3.05) is 26.5 Å². The summed E-state index contributed by atoms with van der Waals surface area (Å²) >= 11 is 0.619. The maximum absolute atomic E-state index is 12.5. The van der Waals surface area contributed by atoms with Gasteiger partial charge >= 0.3 is 6.18 Å². The van der Waals surface area contributed by atoms with E-state index in [0.29, 0.717) is 47.5 Å². The fourth-order valence-electron chi connectivity index (χ4n) is 2.58. The highest BCUT2D eigenvalue weighted by molar-refractivity contribution is 7.99. The molecule has 0 aliphatic carbocycles. The second kappa shape index (κ2) is 8.15. The van der Waals surface area contributed by atoms with E-state index < -0.39 is 23.9 Å². The Hall–Kier alpha value is -1.65. The van der Waals surface area contributed by atoms with Gasteiger partial charge in [-0.25, -0.2) is 5.48 Å². The van der Waals surface area contributed by atoms with E-state index in [2.05, 4.69) is 0 Å². The molecule has 0 saturated carbocycles. The number of methoxy groups -OCH3 is 2. The molecule has 2 rings (SSSR count). The van der Waals surface area contributed by atoms with Gasteiger partial charge in [-0.1, -0.05) is 0 Å². The van der Waals surface area contributed by atoms with E-state index in [1.807, 2.05) is 4.90 Å². The van der Waals surface area contributed by atoms with Crippen molar-refractivity contribution in [3.63, 3.8) is 0 Å². The van der Waals surface area contributed by atoms with Crippen LogP contribution in [0, 0.1) is 0 Å². The molecule has 1 heterocycles. The average molecular weight is 380 g/mol. The number of alkyl halides is 3. The van der Waals surface area contributed by atoms with Crippen molar-refractivity contribution in [1.29, 1.82) is 0 Å². The minimum Gasteiger partial charge on any atom is -0.493 e. The van der Waals surface area contributed by atoms with Crippen LogP contribution in [0.4, 0.5) is 13.2 Å². The van der Waals surface area contributed by atoms with E-state index in [1.54, 1.807) is 17.6 Å². The summed E-state index contributed by atoms with van der Waals surface area (Å²) in [5, 5.41) is 8.72.